The van der Waals surface area contributed by atoms with E-state index in [1.165, 1.54) is 0 Å². The zero-order valence-electron chi connectivity index (χ0n) is 31.4. The second-order valence-corrected chi connectivity index (χ2v) is 19.1. The zero-order valence-corrected chi connectivity index (χ0v) is 36.7. The fourth-order valence-electron chi connectivity index (χ4n) is 4.19. The highest BCUT2D eigenvalue weighted by Crippen LogP contribution is 2.27. The lowest BCUT2D eigenvalue weighted by Crippen LogP contribution is -2.47. The van der Waals surface area contributed by atoms with Crippen molar-refractivity contribution in [1.82, 2.24) is 0 Å². The highest BCUT2D eigenvalue weighted by Gasteiger charge is 2.41. The third kappa shape index (κ3) is 27.2. The predicted octanol–water partition coefficient (Wildman–Crippen LogP) is 4.49. The summed E-state index contributed by atoms with van der Waals surface area (Å²) in [7, 11) is 0. The molecule has 0 aliphatic heterocycles. The maximum atomic E-state index is 12.7. The summed E-state index contributed by atoms with van der Waals surface area (Å²) in [5, 5.41) is -1.96. The Hall–Kier alpha value is -1.12. The molecule has 0 aromatic heterocycles. The number of carbonyl (C=O) groups is 6. The summed E-state index contributed by atoms with van der Waals surface area (Å²) in [6.07, 6.45) is -0.251. The van der Waals surface area contributed by atoms with E-state index < -0.39 is 86.3 Å². The Bertz CT molecular complexity index is 933. The van der Waals surface area contributed by atoms with Gasteiger partial charge in [-0.05, 0) is 0 Å². The normalized spacial score (nSPS) is 17.0. The highest BCUT2D eigenvalue weighted by atomic mass is 32.1. The largest absolute Gasteiger partial charge is 0.465 e. The number of carbonyl (C=O) groups excluding carboxylic acids is 6. The van der Waals surface area contributed by atoms with Crippen molar-refractivity contribution in [2.24, 2.45) is 10.8 Å². The first kappa shape index (κ1) is 51.9. The van der Waals surface area contributed by atoms with Crippen LogP contribution >= 0.6 is 75.8 Å². The topological polar surface area (TPSA) is 167 Å². The molecule has 0 heterocycles. The molecule has 0 aromatic rings. The molecule has 53 heavy (non-hydrogen) atoms. The second-order valence-electron chi connectivity index (χ2n) is 13.8. The van der Waals surface area contributed by atoms with Gasteiger partial charge in [0.1, 0.15) is 39.6 Å². The molecule has 6 atom stereocenters. The van der Waals surface area contributed by atoms with Gasteiger partial charge < -0.3 is 33.2 Å². The maximum Gasteiger partial charge on any atom is 0.306 e. The van der Waals surface area contributed by atoms with Crippen LogP contribution in [-0.2, 0) is 61.9 Å². The van der Waals surface area contributed by atoms with Crippen LogP contribution in [0.2, 0.25) is 0 Å². The Labute approximate surface area is 346 Å². The van der Waals surface area contributed by atoms with Crippen LogP contribution in [0.25, 0.3) is 0 Å². The number of hydrogen-bond donors (Lipinski definition) is 6. The van der Waals surface area contributed by atoms with E-state index in [9.17, 15) is 28.8 Å². The molecule has 0 radical (unpaired) electrons. The molecule has 0 aromatic carbocycles. The Kier molecular flexibility index (Phi) is 26.9. The summed E-state index contributed by atoms with van der Waals surface area (Å²) in [5.74, 6) is -3.68. The third-order valence-corrected chi connectivity index (χ3v) is 7.92. The van der Waals surface area contributed by atoms with Gasteiger partial charge in [0.2, 0.25) is 0 Å². The van der Waals surface area contributed by atoms with Gasteiger partial charge in [-0.2, -0.15) is 75.8 Å². The molecule has 0 aliphatic rings. The summed E-state index contributed by atoms with van der Waals surface area (Å²) in [6.45, 7) is 7.04. The predicted molar refractivity (Wildman–Crippen MR) is 220 cm³/mol. The van der Waals surface area contributed by atoms with Crippen molar-refractivity contribution < 1.29 is 61.9 Å². The molecule has 0 saturated carbocycles. The van der Waals surface area contributed by atoms with E-state index in [1.807, 2.05) is 0 Å². The van der Waals surface area contributed by atoms with Crippen molar-refractivity contribution in [2.75, 3.05) is 52.9 Å². The van der Waals surface area contributed by atoms with Crippen LogP contribution in [-0.4, -0.2) is 120 Å². The molecule has 0 fully saturated rings. The first-order valence-electron chi connectivity index (χ1n) is 17.2. The van der Waals surface area contributed by atoms with Gasteiger partial charge in [-0.1, -0.05) is 41.5 Å². The van der Waals surface area contributed by atoms with Gasteiger partial charge in [0.15, 0.2) is 0 Å². The van der Waals surface area contributed by atoms with Crippen molar-refractivity contribution in [3.63, 3.8) is 0 Å². The quantitative estimate of drug-likeness (QED) is 0.0371. The molecule has 0 rings (SSSR count). The minimum absolute atomic E-state index is 0.0418. The third-order valence-electron chi connectivity index (χ3n) is 6.83. The Balaban J connectivity index is 6.78. The molecule has 0 saturated heterocycles. The van der Waals surface area contributed by atoms with Gasteiger partial charge in [0, 0.05) is 31.5 Å². The van der Waals surface area contributed by atoms with Crippen LogP contribution in [0.4, 0.5) is 0 Å². The van der Waals surface area contributed by atoms with E-state index in [4.69, 9.17) is 33.2 Å². The zero-order chi connectivity index (χ0) is 40.8. The molecule has 308 valence electrons. The summed E-state index contributed by atoms with van der Waals surface area (Å²) >= 11 is 25.5. The average molecular weight is 867 g/mol. The summed E-state index contributed by atoms with van der Waals surface area (Å²) < 4.78 is 39.6. The lowest BCUT2D eigenvalue weighted by molar-refractivity contribution is -0.175. The van der Waals surface area contributed by atoms with Gasteiger partial charge in [-0.15, -0.1) is 0 Å². The molecule has 0 amide bonds. The van der Waals surface area contributed by atoms with Crippen LogP contribution in [0.3, 0.4) is 0 Å². The Morgan fingerprint density at radius 2 is 0.491 bits per heavy atom. The number of rotatable bonds is 28. The minimum Gasteiger partial charge on any atom is -0.465 e. The van der Waals surface area contributed by atoms with Crippen LogP contribution in [0.1, 0.15) is 80.1 Å². The van der Waals surface area contributed by atoms with Crippen LogP contribution in [0.5, 0.6) is 0 Å². The summed E-state index contributed by atoms with van der Waals surface area (Å²) in [5.41, 5.74) is -2.92. The van der Waals surface area contributed by atoms with Crippen molar-refractivity contribution in [2.45, 2.75) is 112 Å². The second kappa shape index (κ2) is 27.5. The molecule has 13 nitrogen and oxygen atoms in total. The smallest absolute Gasteiger partial charge is 0.306 e. The van der Waals surface area contributed by atoms with E-state index in [0.29, 0.717) is 0 Å². The number of esters is 6. The molecule has 19 heteroatoms. The summed E-state index contributed by atoms with van der Waals surface area (Å²) in [4.78, 5) is 76.0. The molecule has 0 bridgehead atoms. The van der Waals surface area contributed by atoms with E-state index in [-0.39, 0.29) is 83.2 Å². The van der Waals surface area contributed by atoms with Crippen molar-refractivity contribution in [3.8, 4) is 0 Å². The fraction of sp³-hybridized carbons (Fsp3) is 0.824. The van der Waals surface area contributed by atoms with Gasteiger partial charge in [0.05, 0.1) is 62.6 Å². The molecule has 6 unspecified atom stereocenters. The lowest BCUT2D eigenvalue weighted by atomic mass is 9.90. The molecule has 0 aliphatic carbocycles. The van der Waals surface area contributed by atoms with Gasteiger partial charge >= 0.3 is 35.8 Å². The van der Waals surface area contributed by atoms with Gasteiger partial charge in [-0.25, -0.2) is 0 Å². The highest BCUT2D eigenvalue weighted by molar-refractivity contribution is 7.81. The molecular formula is C34H58O13S6. The maximum absolute atomic E-state index is 12.7. The number of ether oxygens (including phenoxy) is 7. The Morgan fingerprint density at radius 1 is 0.340 bits per heavy atom. The summed E-state index contributed by atoms with van der Waals surface area (Å²) in [6, 6.07) is 0. The van der Waals surface area contributed by atoms with Crippen LogP contribution in [0, 0.1) is 10.8 Å². The number of thiol groups is 6. The van der Waals surface area contributed by atoms with Crippen LogP contribution in [0.15, 0.2) is 0 Å². The average Bonchev–Trinajstić information content (AvgIpc) is 3.00. The van der Waals surface area contributed by atoms with Crippen molar-refractivity contribution in [3.05, 3.63) is 0 Å². The SMILES string of the molecule is CC(S)CC(=O)OCC(COCC(COC(=O)CC(C)S)(COC(=O)CC(C)S)COC(=O)CC(C)S)(COC(=O)CC(C)S)COC(=O)CC(C)S. The lowest BCUT2D eigenvalue weighted by Gasteiger charge is -2.36. The molecular weight excluding hydrogens is 809 g/mol. The van der Waals surface area contributed by atoms with Gasteiger partial charge in [-0.3, -0.25) is 28.8 Å². The van der Waals surface area contributed by atoms with Crippen molar-refractivity contribution in [1.29, 1.82) is 0 Å². The van der Waals surface area contributed by atoms with E-state index in [1.54, 1.807) is 41.5 Å². The molecule has 0 N–H and O–H groups in total. The minimum atomic E-state index is -1.46. The van der Waals surface area contributed by atoms with E-state index >= 15 is 0 Å². The Morgan fingerprint density at radius 3 is 0.623 bits per heavy atom. The standard InChI is InChI=1S/C34H58O13S6/c1-21(48)7-27(35)42-15-33(16-43-28(36)8-22(2)49,17-44-29(37)9-23(3)50)13-41-14-34(18-45-30(38)10-24(4)51,19-46-31(39)11-25(5)52)20-47-32(40)12-26(6)53/h21-26,48-53H,7-20H2,1-6H3. The first-order chi connectivity index (χ1) is 24.6. The first-order valence-corrected chi connectivity index (χ1v) is 20.3. The van der Waals surface area contributed by atoms with E-state index in [0.717, 1.165) is 0 Å². The monoisotopic (exact) mass is 866 g/mol. The van der Waals surface area contributed by atoms with Crippen LogP contribution < -0.4 is 0 Å². The van der Waals surface area contributed by atoms with Crippen molar-refractivity contribution >= 4 is 112 Å². The van der Waals surface area contributed by atoms with E-state index in [2.05, 4.69) is 75.8 Å². The van der Waals surface area contributed by atoms with Gasteiger partial charge in [0.25, 0.3) is 0 Å². The fourth-order valence-corrected chi connectivity index (χ4v) is 5.08. The number of hydrogen-bond acceptors (Lipinski definition) is 19. The molecule has 0 spiro atoms.